The molecule has 11 nitrogen and oxygen atoms in total. The second-order valence-electron chi connectivity index (χ2n) is 7.23. The van der Waals surface area contributed by atoms with E-state index >= 15 is 0 Å². The Balaban J connectivity index is 1.58. The topological polar surface area (TPSA) is 120 Å². The van der Waals surface area contributed by atoms with Crippen LogP contribution in [0, 0.1) is 10.1 Å². The lowest BCUT2D eigenvalue weighted by Crippen LogP contribution is -2.56. The number of nitro groups is 1. The summed E-state index contributed by atoms with van der Waals surface area (Å²) in [6.45, 7) is 7.46. The smallest absolute Gasteiger partial charge is 0.390 e. The van der Waals surface area contributed by atoms with Gasteiger partial charge < -0.3 is 33.8 Å². The summed E-state index contributed by atoms with van der Waals surface area (Å²) in [5.74, 6) is -2.05. The van der Waals surface area contributed by atoms with E-state index in [4.69, 9.17) is 23.7 Å². The third kappa shape index (κ3) is 3.02. The fraction of sp³-hybridized carbons (Fsp3) is 0.857. The summed E-state index contributed by atoms with van der Waals surface area (Å²) < 4.78 is 31.1. The summed E-state index contributed by atoms with van der Waals surface area (Å²) in [5, 5.41) is 14.6. The van der Waals surface area contributed by atoms with Crippen molar-refractivity contribution in [3.8, 4) is 0 Å². The summed E-state index contributed by atoms with van der Waals surface area (Å²) in [6.07, 6.45) is -1.01. The second kappa shape index (κ2) is 5.42. The highest BCUT2D eigenvalue weighted by Gasteiger charge is 2.60. The van der Waals surface area contributed by atoms with Gasteiger partial charge in [-0.25, -0.2) is 0 Å². The molecule has 4 rings (SSSR count). The van der Waals surface area contributed by atoms with E-state index in [0.717, 1.165) is 0 Å². The fourth-order valence-corrected chi connectivity index (χ4v) is 3.48. The maximum Gasteiger partial charge on any atom is 0.490 e. The Morgan fingerprint density at radius 3 is 2.44 bits per heavy atom. The maximum absolute atomic E-state index is 10.8. The van der Waals surface area contributed by atoms with Gasteiger partial charge in [0.2, 0.25) is 6.33 Å². The first kappa shape index (κ1) is 16.8. The SMILES string of the molecule is CC1(C)O[C@H]2[C@@H](O1)[C@@H](Cn1cnc([N+](=O)[O-])n1)O[C@@H]1OC(C)(C)O[C@@H]12. The first-order valence-corrected chi connectivity index (χ1v) is 8.04. The van der Waals surface area contributed by atoms with E-state index < -0.39 is 47.0 Å². The average molecular weight is 356 g/mol. The standard InChI is InChI=1S/C14H20N4O7/c1-13(2)22-8-7(5-17-6-15-12(16-17)18(19)20)21-11-10(9(8)23-13)24-14(3,4)25-11/h6-11H,5H2,1-4H3/t7-,8+,9+,10-,11-/m1/s1. The molecule has 138 valence electrons. The van der Waals surface area contributed by atoms with Gasteiger partial charge in [-0.3, -0.25) is 0 Å². The van der Waals surface area contributed by atoms with Crippen molar-refractivity contribution in [3.05, 3.63) is 16.4 Å². The van der Waals surface area contributed by atoms with Gasteiger partial charge in [-0.2, -0.15) is 4.68 Å². The number of hydrogen-bond acceptors (Lipinski definition) is 9. The number of hydrogen-bond donors (Lipinski definition) is 0. The van der Waals surface area contributed by atoms with Crippen molar-refractivity contribution in [1.82, 2.24) is 14.8 Å². The molecule has 5 atom stereocenters. The Labute approximate surface area is 143 Å². The predicted octanol–water partition coefficient (Wildman–Crippen LogP) is 0.583. The summed E-state index contributed by atoms with van der Waals surface area (Å²) >= 11 is 0. The van der Waals surface area contributed by atoms with Crippen molar-refractivity contribution in [1.29, 1.82) is 0 Å². The number of rotatable bonds is 3. The molecule has 1 aromatic rings. The van der Waals surface area contributed by atoms with Crippen LogP contribution in [0.25, 0.3) is 0 Å². The minimum Gasteiger partial charge on any atom is -0.390 e. The molecule has 0 N–H and O–H groups in total. The van der Waals surface area contributed by atoms with Gasteiger partial charge in [0.15, 0.2) is 17.9 Å². The minimum absolute atomic E-state index is 0.217. The molecule has 25 heavy (non-hydrogen) atoms. The minimum atomic E-state index is -0.795. The van der Waals surface area contributed by atoms with Crippen molar-refractivity contribution in [2.75, 3.05) is 0 Å². The summed E-state index contributed by atoms with van der Waals surface area (Å²) in [7, 11) is 0. The van der Waals surface area contributed by atoms with Gasteiger partial charge in [-0.1, -0.05) is 4.98 Å². The lowest BCUT2D eigenvalue weighted by Gasteiger charge is -2.36. The van der Waals surface area contributed by atoms with Crippen LogP contribution in [-0.2, 0) is 30.2 Å². The molecule has 0 aliphatic carbocycles. The molecule has 4 heterocycles. The van der Waals surface area contributed by atoms with Crippen LogP contribution in [-0.4, -0.2) is 62.0 Å². The van der Waals surface area contributed by atoms with E-state index in [0.29, 0.717) is 0 Å². The molecule has 0 radical (unpaired) electrons. The second-order valence-corrected chi connectivity index (χ2v) is 7.23. The lowest BCUT2D eigenvalue weighted by molar-refractivity contribution is -0.394. The summed E-state index contributed by atoms with van der Waals surface area (Å²) in [4.78, 5) is 13.8. The molecule has 0 bridgehead atoms. The van der Waals surface area contributed by atoms with E-state index in [1.807, 2.05) is 13.8 Å². The molecule has 0 saturated carbocycles. The Hall–Kier alpha value is -1.66. The molecule has 3 fully saturated rings. The Kier molecular flexibility index (Phi) is 3.64. The Morgan fingerprint density at radius 1 is 1.12 bits per heavy atom. The van der Waals surface area contributed by atoms with Crippen molar-refractivity contribution in [2.45, 2.75) is 76.5 Å². The van der Waals surface area contributed by atoms with Crippen LogP contribution in [0.5, 0.6) is 0 Å². The summed E-state index contributed by atoms with van der Waals surface area (Å²) in [5.41, 5.74) is 0. The van der Waals surface area contributed by atoms with Crippen molar-refractivity contribution in [2.24, 2.45) is 0 Å². The zero-order chi connectivity index (χ0) is 18.0. The van der Waals surface area contributed by atoms with Crippen LogP contribution in [0.1, 0.15) is 27.7 Å². The molecular weight excluding hydrogens is 336 g/mol. The van der Waals surface area contributed by atoms with Crippen LogP contribution in [0.3, 0.4) is 0 Å². The van der Waals surface area contributed by atoms with E-state index in [1.54, 1.807) is 13.8 Å². The van der Waals surface area contributed by atoms with E-state index in [9.17, 15) is 10.1 Å². The van der Waals surface area contributed by atoms with E-state index in [1.165, 1.54) is 11.0 Å². The van der Waals surface area contributed by atoms with Crippen LogP contribution >= 0.6 is 0 Å². The molecule has 3 aliphatic rings. The quantitative estimate of drug-likeness (QED) is 0.565. The highest BCUT2D eigenvalue weighted by molar-refractivity contribution is 5.01. The largest absolute Gasteiger partial charge is 0.490 e. The van der Waals surface area contributed by atoms with Crippen molar-refractivity contribution in [3.63, 3.8) is 0 Å². The van der Waals surface area contributed by atoms with Gasteiger partial charge in [0, 0.05) is 5.10 Å². The van der Waals surface area contributed by atoms with E-state index in [2.05, 4.69) is 10.1 Å². The van der Waals surface area contributed by atoms with Gasteiger partial charge in [0.1, 0.15) is 24.4 Å². The van der Waals surface area contributed by atoms with Gasteiger partial charge in [0.05, 0.1) is 6.54 Å². The third-order valence-electron chi connectivity index (χ3n) is 4.31. The predicted molar refractivity (Wildman–Crippen MR) is 79.2 cm³/mol. The highest BCUT2D eigenvalue weighted by Crippen LogP contribution is 2.44. The third-order valence-corrected chi connectivity index (χ3v) is 4.31. The number of aromatic nitrogens is 3. The Morgan fingerprint density at radius 2 is 1.76 bits per heavy atom. The first-order valence-electron chi connectivity index (χ1n) is 8.04. The monoisotopic (exact) mass is 356 g/mol. The number of ether oxygens (including phenoxy) is 5. The zero-order valence-corrected chi connectivity index (χ0v) is 14.3. The highest BCUT2D eigenvalue weighted by atomic mass is 16.9. The normalized spacial score (nSPS) is 38.3. The van der Waals surface area contributed by atoms with Crippen molar-refractivity contribution >= 4 is 5.95 Å². The van der Waals surface area contributed by atoms with Gasteiger partial charge in [-0.15, -0.1) is 0 Å². The maximum atomic E-state index is 10.8. The summed E-state index contributed by atoms with van der Waals surface area (Å²) in [6, 6.07) is 0. The van der Waals surface area contributed by atoms with Gasteiger partial charge >= 0.3 is 5.95 Å². The number of fused-ring (bicyclic) bond motifs is 3. The zero-order valence-electron chi connectivity index (χ0n) is 14.3. The molecule has 0 unspecified atom stereocenters. The first-order chi connectivity index (χ1) is 11.6. The molecule has 1 aromatic heterocycles. The van der Waals surface area contributed by atoms with Crippen LogP contribution in [0.4, 0.5) is 5.95 Å². The number of nitrogens with zero attached hydrogens (tertiary/aromatic N) is 4. The van der Waals surface area contributed by atoms with Crippen LogP contribution in [0.15, 0.2) is 6.33 Å². The Bertz CT molecular complexity index is 690. The van der Waals surface area contributed by atoms with Crippen LogP contribution < -0.4 is 0 Å². The molecule has 0 amide bonds. The molecule has 0 spiro atoms. The fourth-order valence-electron chi connectivity index (χ4n) is 3.48. The van der Waals surface area contributed by atoms with E-state index in [-0.39, 0.29) is 12.6 Å². The molecule has 3 aliphatic heterocycles. The molecule has 0 aromatic carbocycles. The molecule has 3 saturated heterocycles. The van der Waals surface area contributed by atoms with Gasteiger partial charge in [-0.05, 0) is 32.6 Å². The molecule has 11 heteroatoms. The lowest BCUT2D eigenvalue weighted by atomic mass is 9.99. The van der Waals surface area contributed by atoms with Crippen LogP contribution in [0.2, 0.25) is 0 Å². The van der Waals surface area contributed by atoms with Gasteiger partial charge in [0.25, 0.3) is 0 Å². The van der Waals surface area contributed by atoms with Crippen molar-refractivity contribution < 1.29 is 28.6 Å². The average Bonchev–Trinajstić information content (AvgIpc) is 3.13. The molecular formula is C14H20N4O7.